The number of nitrogens with one attached hydrogen (secondary N) is 1. The topological polar surface area (TPSA) is 61.2 Å². The highest BCUT2D eigenvalue weighted by molar-refractivity contribution is 5.33. The smallest absolute Gasteiger partial charge is 0.157 e. The summed E-state index contributed by atoms with van der Waals surface area (Å²) in [5, 5.41) is 11.8. The van der Waals surface area contributed by atoms with Gasteiger partial charge in [-0.15, -0.1) is 5.10 Å². The fourth-order valence-corrected chi connectivity index (χ4v) is 2.71. The molecule has 0 spiro atoms. The van der Waals surface area contributed by atoms with Gasteiger partial charge in [0, 0.05) is 19.6 Å². The van der Waals surface area contributed by atoms with Gasteiger partial charge in [0.2, 0.25) is 0 Å². The molecule has 0 saturated carbocycles. The third kappa shape index (κ3) is 6.52. The second kappa shape index (κ2) is 11.8. The average Bonchev–Trinajstić information content (AvgIpc) is 3.18. The predicted molar refractivity (Wildman–Crippen MR) is 103 cm³/mol. The van der Waals surface area contributed by atoms with E-state index in [-0.39, 0.29) is 6.29 Å². The van der Waals surface area contributed by atoms with E-state index in [0.29, 0.717) is 6.61 Å². The predicted octanol–water partition coefficient (Wildman–Crippen LogP) is 3.49. The third-order valence-corrected chi connectivity index (χ3v) is 4.12. The lowest BCUT2D eigenvalue weighted by atomic mass is 10.2. The lowest BCUT2D eigenvalue weighted by Gasteiger charge is -2.22. The van der Waals surface area contributed by atoms with Crippen LogP contribution in [0.1, 0.15) is 51.3 Å². The van der Waals surface area contributed by atoms with Crippen molar-refractivity contribution in [1.29, 1.82) is 0 Å². The summed E-state index contributed by atoms with van der Waals surface area (Å²) in [4.78, 5) is 0. The zero-order valence-electron chi connectivity index (χ0n) is 16.3. The molecule has 0 radical (unpaired) electrons. The van der Waals surface area contributed by atoms with Gasteiger partial charge in [-0.25, -0.2) is 4.68 Å². The molecule has 1 unspecified atom stereocenters. The molecule has 1 atom stereocenters. The number of aromatic nitrogens is 3. The Morgan fingerprint density at radius 1 is 1.23 bits per heavy atom. The summed E-state index contributed by atoms with van der Waals surface area (Å²) in [5.74, 6) is 0. The van der Waals surface area contributed by atoms with E-state index in [1.807, 2.05) is 24.7 Å². The van der Waals surface area contributed by atoms with E-state index in [0.717, 1.165) is 50.3 Å². The van der Waals surface area contributed by atoms with E-state index < -0.39 is 0 Å². The molecule has 6 heteroatoms. The molecule has 1 saturated heterocycles. The van der Waals surface area contributed by atoms with E-state index in [1.54, 1.807) is 0 Å². The van der Waals surface area contributed by atoms with E-state index in [1.165, 1.54) is 12.0 Å². The molecule has 1 aliphatic heterocycles. The number of hydrogen-bond acceptors (Lipinski definition) is 5. The maximum Gasteiger partial charge on any atom is 0.157 e. The lowest BCUT2D eigenvalue weighted by Crippen LogP contribution is -2.23. The first-order chi connectivity index (χ1) is 12.8. The second-order valence-corrected chi connectivity index (χ2v) is 6.02. The molecule has 1 aromatic heterocycles. The Kier molecular flexibility index (Phi) is 9.31. The molecule has 1 aromatic carbocycles. The first kappa shape index (κ1) is 20.6. The molecule has 0 aliphatic carbocycles. The van der Waals surface area contributed by atoms with Crippen LogP contribution in [0.2, 0.25) is 0 Å². The van der Waals surface area contributed by atoms with E-state index in [4.69, 9.17) is 9.47 Å². The van der Waals surface area contributed by atoms with Crippen LogP contribution in [0, 0.1) is 0 Å². The van der Waals surface area contributed by atoms with Gasteiger partial charge in [0.1, 0.15) is 0 Å². The van der Waals surface area contributed by atoms with Crippen molar-refractivity contribution < 1.29 is 9.47 Å². The minimum atomic E-state index is -0.0435. The summed E-state index contributed by atoms with van der Waals surface area (Å²) in [6.07, 6.45) is 5.99. The van der Waals surface area contributed by atoms with Crippen LogP contribution >= 0.6 is 0 Å². The molecule has 0 amide bonds. The number of ether oxygens (including phenoxy) is 2. The quantitative estimate of drug-likeness (QED) is 0.781. The van der Waals surface area contributed by atoms with Gasteiger partial charge in [0.15, 0.2) is 6.29 Å². The minimum absolute atomic E-state index is 0.0435. The van der Waals surface area contributed by atoms with E-state index in [9.17, 15) is 0 Å². The van der Waals surface area contributed by atoms with Gasteiger partial charge >= 0.3 is 0 Å². The van der Waals surface area contributed by atoms with Gasteiger partial charge in [0.05, 0.1) is 24.2 Å². The average molecular weight is 361 g/mol. The monoisotopic (exact) mass is 360 g/mol. The molecule has 0 bridgehead atoms. The van der Waals surface area contributed by atoms with Crippen molar-refractivity contribution in [2.75, 3.05) is 19.8 Å². The van der Waals surface area contributed by atoms with Crippen LogP contribution in [0.5, 0.6) is 0 Å². The van der Waals surface area contributed by atoms with Crippen molar-refractivity contribution in [1.82, 2.24) is 20.3 Å². The van der Waals surface area contributed by atoms with Crippen LogP contribution in [0.25, 0.3) is 5.69 Å². The molecule has 2 aromatic rings. The molecule has 1 aliphatic rings. The Labute approximate surface area is 156 Å². The summed E-state index contributed by atoms with van der Waals surface area (Å²) < 4.78 is 13.1. The molecule has 1 fully saturated rings. The van der Waals surface area contributed by atoms with Gasteiger partial charge < -0.3 is 14.8 Å². The van der Waals surface area contributed by atoms with Crippen molar-refractivity contribution in [2.45, 2.75) is 59.3 Å². The van der Waals surface area contributed by atoms with Crippen LogP contribution in [0.15, 0.2) is 30.5 Å². The highest BCUT2D eigenvalue weighted by Crippen LogP contribution is 2.14. The SMILES string of the molecule is CC.CCNCc1ccc(-n2cc(CCOC3CCCCO3)nn2)cc1. The maximum atomic E-state index is 5.75. The molecule has 3 rings (SSSR count). The number of hydrogen-bond donors (Lipinski definition) is 1. The van der Waals surface area contributed by atoms with Crippen LogP contribution in [0.4, 0.5) is 0 Å². The Morgan fingerprint density at radius 3 is 2.73 bits per heavy atom. The normalized spacial score (nSPS) is 16.8. The Bertz CT molecular complexity index is 607. The summed E-state index contributed by atoms with van der Waals surface area (Å²) >= 11 is 0. The molecule has 6 nitrogen and oxygen atoms in total. The fraction of sp³-hybridized carbons (Fsp3) is 0.600. The molecule has 26 heavy (non-hydrogen) atoms. The van der Waals surface area contributed by atoms with Crippen LogP contribution in [-0.2, 0) is 22.4 Å². The fourth-order valence-electron chi connectivity index (χ4n) is 2.71. The highest BCUT2D eigenvalue weighted by atomic mass is 16.7. The summed E-state index contributed by atoms with van der Waals surface area (Å²) in [6.45, 7) is 9.40. The van der Waals surface area contributed by atoms with Crippen molar-refractivity contribution in [3.8, 4) is 5.69 Å². The van der Waals surface area contributed by atoms with Crippen molar-refractivity contribution in [3.63, 3.8) is 0 Å². The summed E-state index contributed by atoms with van der Waals surface area (Å²) in [7, 11) is 0. The van der Waals surface area contributed by atoms with Gasteiger partial charge in [0.25, 0.3) is 0 Å². The van der Waals surface area contributed by atoms with Gasteiger partial charge in [-0.1, -0.05) is 38.1 Å². The first-order valence-electron chi connectivity index (χ1n) is 9.79. The first-order valence-corrected chi connectivity index (χ1v) is 9.79. The minimum Gasteiger partial charge on any atom is -0.353 e. The van der Waals surface area contributed by atoms with Gasteiger partial charge in [-0.2, -0.15) is 0 Å². The van der Waals surface area contributed by atoms with Gasteiger partial charge in [-0.3, -0.25) is 0 Å². The van der Waals surface area contributed by atoms with E-state index in [2.05, 4.69) is 46.8 Å². The van der Waals surface area contributed by atoms with E-state index >= 15 is 0 Å². The largest absolute Gasteiger partial charge is 0.353 e. The van der Waals surface area contributed by atoms with Crippen LogP contribution in [-0.4, -0.2) is 41.0 Å². The molecular formula is C20H32N4O2. The van der Waals surface area contributed by atoms with Gasteiger partial charge in [-0.05, 0) is 43.5 Å². The molecular weight excluding hydrogens is 328 g/mol. The molecule has 2 heterocycles. The third-order valence-electron chi connectivity index (χ3n) is 4.12. The highest BCUT2D eigenvalue weighted by Gasteiger charge is 2.14. The Balaban J connectivity index is 0.00000117. The van der Waals surface area contributed by atoms with Crippen molar-refractivity contribution in [3.05, 3.63) is 41.7 Å². The van der Waals surface area contributed by atoms with Crippen molar-refractivity contribution >= 4 is 0 Å². The number of nitrogens with zero attached hydrogens (tertiary/aromatic N) is 3. The van der Waals surface area contributed by atoms with Crippen LogP contribution in [0.3, 0.4) is 0 Å². The lowest BCUT2D eigenvalue weighted by molar-refractivity contribution is -0.161. The molecule has 144 valence electrons. The summed E-state index contributed by atoms with van der Waals surface area (Å²) in [5.41, 5.74) is 3.22. The Hall–Kier alpha value is -1.76. The molecule has 1 N–H and O–H groups in total. The maximum absolute atomic E-state index is 5.75. The zero-order chi connectivity index (χ0) is 18.6. The number of benzene rings is 1. The second-order valence-electron chi connectivity index (χ2n) is 6.02. The number of rotatable bonds is 8. The van der Waals surface area contributed by atoms with Crippen LogP contribution < -0.4 is 5.32 Å². The summed E-state index contributed by atoms with van der Waals surface area (Å²) in [6, 6.07) is 8.36. The standard InChI is InChI=1S/C18H26N4O2.C2H6/c1-2-19-13-15-6-8-17(9-7-15)22-14-16(20-21-22)10-12-24-18-5-3-4-11-23-18;1-2/h6-9,14,18-19H,2-5,10-13H2,1H3;1-2H3. The zero-order valence-corrected chi connectivity index (χ0v) is 16.3. The Morgan fingerprint density at radius 2 is 2.04 bits per heavy atom. The van der Waals surface area contributed by atoms with Crippen molar-refractivity contribution in [2.24, 2.45) is 0 Å².